The fraction of sp³-hybridized carbons (Fsp3) is 1.00. The fourth-order valence-electron chi connectivity index (χ4n) is 3.15. The summed E-state index contributed by atoms with van der Waals surface area (Å²) in [6.07, 6.45) is 7.17. The minimum absolute atomic E-state index is 0.613. The van der Waals surface area contributed by atoms with Gasteiger partial charge in [0.15, 0.2) is 0 Å². The molecule has 0 radical (unpaired) electrons. The standard InChI is InChI=1S/C12H24/c1-5-10-8-7-9-11(6-2)12(10,3)4/h10-11H,5-9H2,1-4H3. The van der Waals surface area contributed by atoms with Gasteiger partial charge < -0.3 is 0 Å². The highest BCUT2D eigenvalue weighted by atomic mass is 14.4. The second-order valence-corrected chi connectivity index (χ2v) is 4.96. The summed E-state index contributed by atoms with van der Waals surface area (Å²) >= 11 is 0. The van der Waals surface area contributed by atoms with E-state index in [4.69, 9.17) is 0 Å². The molecular formula is C12H24. The van der Waals surface area contributed by atoms with Crippen LogP contribution in [0, 0.1) is 17.3 Å². The molecule has 0 amide bonds. The first-order valence-electron chi connectivity index (χ1n) is 5.62. The molecule has 0 aliphatic heterocycles. The molecule has 0 bridgehead atoms. The Labute approximate surface area is 77.7 Å². The molecular weight excluding hydrogens is 144 g/mol. The van der Waals surface area contributed by atoms with Gasteiger partial charge in [0.05, 0.1) is 0 Å². The molecule has 1 rings (SSSR count). The van der Waals surface area contributed by atoms with Crippen LogP contribution in [0.2, 0.25) is 0 Å². The van der Waals surface area contributed by atoms with Gasteiger partial charge in [-0.05, 0) is 30.1 Å². The van der Waals surface area contributed by atoms with Gasteiger partial charge in [0.25, 0.3) is 0 Å². The van der Waals surface area contributed by atoms with Gasteiger partial charge in [0, 0.05) is 0 Å². The van der Waals surface area contributed by atoms with Gasteiger partial charge in [-0.3, -0.25) is 0 Å². The smallest absolute Gasteiger partial charge is 0.0298 e. The van der Waals surface area contributed by atoms with E-state index >= 15 is 0 Å². The summed E-state index contributed by atoms with van der Waals surface area (Å²) in [5.41, 5.74) is 0.613. The number of rotatable bonds is 2. The molecule has 1 aliphatic rings. The molecule has 0 N–H and O–H groups in total. The predicted octanol–water partition coefficient (Wildman–Crippen LogP) is 4.25. The van der Waals surface area contributed by atoms with Crippen molar-refractivity contribution in [2.45, 2.75) is 59.8 Å². The normalized spacial score (nSPS) is 35.0. The van der Waals surface area contributed by atoms with E-state index in [-0.39, 0.29) is 0 Å². The molecule has 0 aromatic heterocycles. The maximum absolute atomic E-state index is 2.48. The first kappa shape index (κ1) is 10.1. The van der Waals surface area contributed by atoms with E-state index in [2.05, 4.69) is 27.7 Å². The van der Waals surface area contributed by atoms with E-state index in [9.17, 15) is 0 Å². The average Bonchev–Trinajstić information content (AvgIpc) is 2.03. The lowest BCUT2D eigenvalue weighted by Gasteiger charge is -2.45. The van der Waals surface area contributed by atoms with Crippen LogP contribution in [0.3, 0.4) is 0 Å². The Morgan fingerprint density at radius 3 is 1.75 bits per heavy atom. The third kappa shape index (κ3) is 1.67. The molecule has 12 heavy (non-hydrogen) atoms. The van der Waals surface area contributed by atoms with Crippen molar-refractivity contribution >= 4 is 0 Å². The summed E-state index contributed by atoms with van der Waals surface area (Å²) in [5, 5.41) is 0. The Morgan fingerprint density at radius 2 is 1.42 bits per heavy atom. The average molecular weight is 168 g/mol. The Bertz CT molecular complexity index is 121. The highest BCUT2D eigenvalue weighted by Gasteiger charge is 2.37. The van der Waals surface area contributed by atoms with E-state index in [1.54, 1.807) is 0 Å². The first-order valence-corrected chi connectivity index (χ1v) is 5.62. The maximum Gasteiger partial charge on any atom is -0.0298 e. The summed E-state index contributed by atoms with van der Waals surface area (Å²) in [5.74, 6) is 1.97. The van der Waals surface area contributed by atoms with Gasteiger partial charge in [0.2, 0.25) is 0 Å². The summed E-state index contributed by atoms with van der Waals surface area (Å²) in [7, 11) is 0. The third-order valence-corrected chi connectivity index (χ3v) is 4.20. The molecule has 2 atom stereocenters. The second-order valence-electron chi connectivity index (χ2n) is 4.96. The summed E-state index contributed by atoms with van der Waals surface area (Å²) < 4.78 is 0. The highest BCUT2D eigenvalue weighted by molar-refractivity contribution is 4.87. The van der Waals surface area contributed by atoms with Crippen molar-refractivity contribution in [2.24, 2.45) is 17.3 Å². The molecule has 0 heterocycles. The minimum Gasteiger partial charge on any atom is -0.0651 e. The maximum atomic E-state index is 2.48. The Kier molecular flexibility index (Phi) is 3.20. The van der Waals surface area contributed by atoms with Crippen LogP contribution in [0.25, 0.3) is 0 Å². The molecule has 72 valence electrons. The van der Waals surface area contributed by atoms with Crippen molar-refractivity contribution in [1.82, 2.24) is 0 Å². The van der Waals surface area contributed by atoms with Gasteiger partial charge in [-0.25, -0.2) is 0 Å². The van der Waals surface area contributed by atoms with Crippen LogP contribution in [0.4, 0.5) is 0 Å². The largest absolute Gasteiger partial charge is 0.0651 e. The van der Waals surface area contributed by atoms with Gasteiger partial charge in [-0.15, -0.1) is 0 Å². The molecule has 0 heteroatoms. The molecule has 1 saturated carbocycles. The Hall–Kier alpha value is 0. The zero-order valence-electron chi connectivity index (χ0n) is 9.19. The lowest BCUT2D eigenvalue weighted by molar-refractivity contribution is 0.0541. The van der Waals surface area contributed by atoms with Gasteiger partial charge in [-0.1, -0.05) is 47.0 Å². The Balaban J connectivity index is 2.67. The van der Waals surface area contributed by atoms with Gasteiger partial charge in [-0.2, -0.15) is 0 Å². The van der Waals surface area contributed by atoms with Crippen LogP contribution in [0.15, 0.2) is 0 Å². The van der Waals surface area contributed by atoms with Crippen LogP contribution >= 0.6 is 0 Å². The summed E-state index contributed by atoms with van der Waals surface area (Å²) in [6.45, 7) is 9.66. The molecule has 1 aliphatic carbocycles. The number of hydrogen-bond acceptors (Lipinski definition) is 0. The van der Waals surface area contributed by atoms with Crippen molar-refractivity contribution in [3.63, 3.8) is 0 Å². The van der Waals surface area contributed by atoms with Crippen LogP contribution in [-0.4, -0.2) is 0 Å². The van der Waals surface area contributed by atoms with E-state index in [1.807, 2.05) is 0 Å². The number of hydrogen-bond donors (Lipinski definition) is 0. The van der Waals surface area contributed by atoms with Crippen molar-refractivity contribution in [3.05, 3.63) is 0 Å². The zero-order valence-corrected chi connectivity index (χ0v) is 9.19. The van der Waals surface area contributed by atoms with E-state index in [1.165, 1.54) is 32.1 Å². The second kappa shape index (κ2) is 3.81. The van der Waals surface area contributed by atoms with Crippen LogP contribution in [0.5, 0.6) is 0 Å². The SMILES string of the molecule is CCC1CCCC(CC)C1(C)C. The van der Waals surface area contributed by atoms with Crippen molar-refractivity contribution < 1.29 is 0 Å². The van der Waals surface area contributed by atoms with Crippen molar-refractivity contribution in [3.8, 4) is 0 Å². The van der Waals surface area contributed by atoms with E-state index < -0.39 is 0 Å². The molecule has 0 spiro atoms. The third-order valence-electron chi connectivity index (χ3n) is 4.20. The van der Waals surface area contributed by atoms with Crippen LogP contribution in [0.1, 0.15) is 59.8 Å². The topological polar surface area (TPSA) is 0 Å². The predicted molar refractivity (Wildman–Crippen MR) is 55.2 cm³/mol. The van der Waals surface area contributed by atoms with Crippen LogP contribution in [-0.2, 0) is 0 Å². The molecule has 0 aromatic carbocycles. The monoisotopic (exact) mass is 168 g/mol. The van der Waals surface area contributed by atoms with Gasteiger partial charge in [0.1, 0.15) is 0 Å². The molecule has 0 saturated heterocycles. The lowest BCUT2D eigenvalue weighted by Crippen LogP contribution is -2.35. The molecule has 0 aromatic rings. The Morgan fingerprint density at radius 1 is 1.00 bits per heavy atom. The molecule has 0 nitrogen and oxygen atoms in total. The van der Waals surface area contributed by atoms with Crippen molar-refractivity contribution in [1.29, 1.82) is 0 Å². The lowest BCUT2D eigenvalue weighted by atomic mass is 9.61. The quantitative estimate of drug-likeness (QED) is 0.578. The van der Waals surface area contributed by atoms with Crippen molar-refractivity contribution in [2.75, 3.05) is 0 Å². The minimum atomic E-state index is 0.613. The fourth-order valence-corrected chi connectivity index (χ4v) is 3.15. The van der Waals surface area contributed by atoms with E-state index in [0.717, 1.165) is 11.8 Å². The van der Waals surface area contributed by atoms with E-state index in [0.29, 0.717) is 5.41 Å². The summed E-state index contributed by atoms with van der Waals surface area (Å²) in [6, 6.07) is 0. The zero-order chi connectivity index (χ0) is 9.19. The van der Waals surface area contributed by atoms with Gasteiger partial charge >= 0.3 is 0 Å². The first-order chi connectivity index (χ1) is 5.62. The highest BCUT2D eigenvalue weighted by Crippen LogP contribution is 2.47. The summed E-state index contributed by atoms with van der Waals surface area (Å²) in [4.78, 5) is 0. The van der Waals surface area contributed by atoms with Crippen LogP contribution < -0.4 is 0 Å². The molecule has 2 unspecified atom stereocenters. The molecule has 1 fully saturated rings.